The molecule has 0 saturated carbocycles. The summed E-state index contributed by atoms with van der Waals surface area (Å²) >= 11 is 3.33. The summed E-state index contributed by atoms with van der Waals surface area (Å²) in [4.78, 5) is 26.8. The number of aromatic nitrogens is 1. The second kappa shape index (κ2) is 5.83. The average molecular weight is 335 g/mol. The second-order valence-corrected chi connectivity index (χ2v) is 5.04. The molecule has 0 fully saturated rings. The quantitative estimate of drug-likeness (QED) is 0.903. The van der Waals surface area contributed by atoms with Crippen LogP contribution in [0, 0.1) is 6.92 Å². The number of pyridine rings is 1. The number of amides is 1. The van der Waals surface area contributed by atoms with Gasteiger partial charge in [0, 0.05) is 10.0 Å². The van der Waals surface area contributed by atoms with E-state index in [0.29, 0.717) is 5.56 Å². The summed E-state index contributed by atoms with van der Waals surface area (Å²) in [6.45, 7) is 1.82. The van der Waals surface area contributed by atoms with Gasteiger partial charge in [0.25, 0.3) is 5.91 Å². The first kappa shape index (κ1) is 14.2. The number of nitrogens with zero attached hydrogens (tertiary/aromatic N) is 1. The van der Waals surface area contributed by atoms with Gasteiger partial charge < -0.3 is 10.4 Å². The van der Waals surface area contributed by atoms with Crippen molar-refractivity contribution in [2.24, 2.45) is 0 Å². The summed E-state index contributed by atoms with van der Waals surface area (Å²) in [6, 6.07) is 9.72. The van der Waals surface area contributed by atoms with E-state index in [2.05, 4.69) is 26.2 Å². The largest absolute Gasteiger partial charge is 0.477 e. The number of hydrogen-bond acceptors (Lipinski definition) is 3. The van der Waals surface area contributed by atoms with Gasteiger partial charge in [-0.15, -0.1) is 0 Å². The molecule has 0 unspecified atom stereocenters. The molecule has 102 valence electrons. The van der Waals surface area contributed by atoms with Crippen molar-refractivity contribution in [3.8, 4) is 0 Å². The van der Waals surface area contributed by atoms with E-state index >= 15 is 0 Å². The van der Waals surface area contributed by atoms with Gasteiger partial charge in [0.1, 0.15) is 5.82 Å². The van der Waals surface area contributed by atoms with Crippen LogP contribution >= 0.6 is 15.9 Å². The Hall–Kier alpha value is -2.21. The number of rotatable bonds is 3. The lowest BCUT2D eigenvalue weighted by Gasteiger charge is -2.07. The minimum atomic E-state index is -1.14. The Morgan fingerprint density at radius 2 is 2.00 bits per heavy atom. The van der Waals surface area contributed by atoms with Crippen LogP contribution in [0.2, 0.25) is 0 Å². The Balaban J connectivity index is 2.23. The van der Waals surface area contributed by atoms with Crippen molar-refractivity contribution in [1.29, 1.82) is 0 Å². The Labute approximate surface area is 123 Å². The topological polar surface area (TPSA) is 79.3 Å². The monoisotopic (exact) mass is 334 g/mol. The SMILES string of the molecule is Cc1cc(Br)ccc1C(=O)Nc1cccc(C(=O)O)n1. The molecule has 1 aromatic heterocycles. The Morgan fingerprint density at radius 1 is 1.25 bits per heavy atom. The molecular formula is C14H11BrN2O3. The highest BCUT2D eigenvalue weighted by Crippen LogP contribution is 2.17. The summed E-state index contributed by atoms with van der Waals surface area (Å²) in [5, 5.41) is 11.4. The van der Waals surface area contributed by atoms with E-state index < -0.39 is 5.97 Å². The van der Waals surface area contributed by atoms with Crippen molar-refractivity contribution in [1.82, 2.24) is 4.98 Å². The lowest BCUT2D eigenvalue weighted by molar-refractivity contribution is 0.0690. The molecule has 2 aromatic rings. The van der Waals surface area contributed by atoms with Crippen molar-refractivity contribution in [3.05, 3.63) is 57.7 Å². The molecule has 1 amide bonds. The predicted octanol–water partition coefficient (Wildman–Crippen LogP) is 3.10. The molecule has 0 atom stereocenters. The van der Waals surface area contributed by atoms with Gasteiger partial charge in [0.15, 0.2) is 5.69 Å². The number of nitrogens with one attached hydrogen (secondary N) is 1. The van der Waals surface area contributed by atoms with Crippen LogP contribution in [0.3, 0.4) is 0 Å². The zero-order valence-corrected chi connectivity index (χ0v) is 12.1. The lowest BCUT2D eigenvalue weighted by atomic mass is 10.1. The van der Waals surface area contributed by atoms with Crippen LogP contribution in [0.4, 0.5) is 5.82 Å². The van der Waals surface area contributed by atoms with E-state index in [-0.39, 0.29) is 17.4 Å². The van der Waals surface area contributed by atoms with Crippen LogP contribution in [0.5, 0.6) is 0 Å². The van der Waals surface area contributed by atoms with E-state index in [0.717, 1.165) is 10.0 Å². The first-order chi connectivity index (χ1) is 9.47. The van der Waals surface area contributed by atoms with E-state index in [9.17, 15) is 9.59 Å². The van der Waals surface area contributed by atoms with Gasteiger partial charge in [-0.05, 0) is 42.8 Å². The zero-order valence-electron chi connectivity index (χ0n) is 10.6. The lowest BCUT2D eigenvalue weighted by Crippen LogP contribution is -2.15. The van der Waals surface area contributed by atoms with Crippen LogP contribution in [-0.4, -0.2) is 22.0 Å². The third-order valence-corrected chi connectivity index (χ3v) is 3.14. The molecule has 0 saturated heterocycles. The number of benzene rings is 1. The van der Waals surface area contributed by atoms with Gasteiger partial charge in [0.05, 0.1) is 0 Å². The molecular weight excluding hydrogens is 324 g/mol. The van der Waals surface area contributed by atoms with Crippen molar-refractivity contribution in [3.63, 3.8) is 0 Å². The molecule has 5 nitrogen and oxygen atoms in total. The van der Waals surface area contributed by atoms with Gasteiger partial charge in [-0.25, -0.2) is 9.78 Å². The van der Waals surface area contributed by atoms with E-state index in [1.165, 1.54) is 12.1 Å². The van der Waals surface area contributed by atoms with Gasteiger partial charge in [-0.3, -0.25) is 4.79 Å². The first-order valence-corrected chi connectivity index (χ1v) is 6.54. The molecule has 0 aliphatic heterocycles. The molecule has 2 N–H and O–H groups in total. The average Bonchev–Trinajstić information content (AvgIpc) is 2.38. The van der Waals surface area contributed by atoms with Crippen LogP contribution in [0.1, 0.15) is 26.4 Å². The Morgan fingerprint density at radius 3 is 2.65 bits per heavy atom. The molecule has 0 radical (unpaired) electrons. The highest BCUT2D eigenvalue weighted by Gasteiger charge is 2.11. The number of aromatic carboxylic acids is 1. The summed E-state index contributed by atoms with van der Waals surface area (Å²) in [5.41, 5.74) is 1.21. The molecule has 0 aliphatic carbocycles. The number of hydrogen-bond donors (Lipinski definition) is 2. The minimum absolute atomic E-state index is 0.115. The molecule has 0 aliphatic rings. The highest BCUT2D eigenvalue weighted by molar-refractivity contribution is 9.10. The summed E-state index contributed by atoms with van der Waals surface area (Å²) in [5.74, 6) is -1.26. The fourth-order valence-electron chi connectivity index (χ4n) is 1.69. The number of carboxylic acid groups (broad SMARTS) is 1. The third-order valence-electron chi connectivity index (χ3n) is 2.64. The van der Waals surface area contributed by atoms with Gasteiger partial charge in [0.2, 0.25) is 0 Å². The molecule has 1 aromatic carbocycles. The van der Waals surface area contributed by atoms with Crippen molar-refractivity contribution in [2.45, 2.75) is 6.92 Å². The zero-order chi connectivity index (χ0) is 14.7. The van der Waals surface area contributed by atoms with E-state index in [1.54, 1.807) is 18.2 Å². The normalized spacial score (nSPS) is 10.1. The minimum Gasteiger partial charge on any atom is -0.477 e. The Kier molecular flexibility index (Phi) is 4.14. The number of anilines is 1. The maximum absolute atomic E-state index is 12.1. The van der Waals surface area contributed by atoms with Gasteiger partial charge in [-0.1, -0.05) is 22.0 Å². The maximum atomic E-state index is 12.1. The smallest absolute Gasteiger partial charge is 0.354 e. The maximum Gasteiger partial charge on any atom is 0.354 e. The second-order valence-electron chi connectivity index (χ2n) is 4.13. The van der Waals surface area contributed by atoms with Gasteiger partial charge in [-0.2, -0.15) is 0 Å². The van der Waals surface area contributed by atoms with E-state index in [1.807, 2.05) is 13.0 Å². The fraction of sp³-hybridized carbons (Fsp3) is 0.0714. The Bertz CT molecular complexity index is 686. The number of carbonyl (C=O) groups excluding carboxylic acids is 1. The number of halogens is 1. The van der Waals surface area contributed by atoms with Crippen molar-refractivity contribution in [2.75, 3.05) is 5.32 Å². The number of carboxylic acids is 1. The van der Waals surface area contributed by atoms with Crippen molar-refractivity contribution < 1.29 is 14.7 Å². The molecule has 1 heterocycles. The summed E-state index contributed by atoms with van der Waals surface area (Å²) < 4.78 is 0.887. The third kappa shape index (κ3) is 3.21. The number of carbonyl (C=O) groups is 2. The predicted molar refractivity (Wildman–Crippen MR) is 78.0 cm³/mol. The summed E-state index contributed by atoms with van der Waals surface area (Å²) in [6.07, 6.45) is 0. The number of aryl methyl sites for hydroxylation is 1. The van der Waals surface area contributed by atoms with Gasteiger partial charge >= 0.3 is 5.97 Å². The standard InChI is InChI=1S/C14H11BrN2O3/c1-8-7-9(15)5-6-10(8)13(18)17-12-4-2-3-11(16-12)14(19)20/h2-7H,1H3,(H,19,20)(H,16,17,18). The van der Waals surface area contributed by atoms with E-state index in [4.69, 9.17) is 5.11 Å². The van der Waals surface area contributed by atoms with Crippen LogP contribution < -0.4 is 5.32 Å². The fourth-order valence-corrected chi connectivity index (χ4v) is 2.16. The molecule has 0 spiro atoms. The molecule has 6 heteroatoms. The molecule has 2 rings (SSSR count). The first-order valence-electron chi connectivity index (χ1n) is 5.75. The highest BCUT2D eigenvalue weighted by atomic mass is 79.9. The van der Waals surface area contributed by atoms with Crippen LogP contribution in [0.15, 0.2) is 40.9 Å². The molecule has 20 heavy (non-hydrogen) atoms. The molecule has 0 bridgehead atoms. The van der Waals surface area contributed by atoms with Crippen molar-refractivity contribution >= 4 is 33.6 Å². The van der Waals surface area contributed by atoms with Crippen LogP contribution in [-0.2, 0) is 0 Å². The summed E-state index contributed by atoms with van der Waals surface area (Å²) in [7, 11) is 0. The van der Waals surface area contributed by atoms with Crippen LogP contribution in [0.25, 0.3) is 0 Å².